The Kier molecular flexibility index (Phi) is 5.58. The van der Waals surface area contributed by atoms with Crippen LogP contribution in [0.4, 0.5) is 4.39 Å². The Morgan fingerprint density at radius 2 is 2.11 bits per heavy atom. The highest BCUT2D eigenvalue weighted by Gasteiger charge is 2.23. The summed E-state index contributed by atoms with van der Waals surface area (Å²) in [6, 6.07) is 4.74. The third kappa shape index (κ3) is 3.89. The zero-order chi connectivity index (χ0) is 13.7. The van der Waals surface area contributed by atoms with Gasteiger partial charge in [-0.1, -0.05) is 17.7 Å². The van der Waals surface area contributed by atoms with Crippen LogP contribution in [0.15, 0.2) is 18.2 Å². The number of hydrogen-bond acceptors (Lipinski definition) is 3. The lowest BCUT2D eigenvalue weighted by Gasteiger charge is -2.35. The molecule has 0 radical (unpaired) electrons. The van der Waals surface area contributed by atoms with Gasteiger partial charge in [0.2, 0.25) is 0 Å². The number of rotatable bonds is 5. The van der Waals surface area contributed by atoms with Gasteiger partial charge in [0.15, 0.2) is 0 Å². The van der Waals surface area contributed by atoms with Crippen molar-refractivity contribution in [1.29, 1.82) is 0 Å². The Hall–Kier alpha value is -0.680. The predicted molar refractivity (Wildman–Crippen MR) is 74.9 cm³/mol. The fraction of sp³-hybridized carbons (Fsp3) is 0.571. The van der Waals surface area contributed by atoms with Crippen LogP contribution in [0.5, 0.6) is 0 Å². The molecule has 0 spiro atoms. The van der Waals surface area contributed by atoms with E-state index in [-0.39, 0.29) is 18.5 Å². The molecule has 1 saturated heterocycles. The lowest BCUT2D eigenvalue weighted by atomic mass is 9.99. The molecule has 0 saturated carbocycles. The fourth-order valence-corrected chi connectivity index (χ4v) is 2.88. The third-order valence-electron chi connectivity index (χ3n) is 3.55. The summed E-state index contributed by atoms with van der Waals surface area (Å²) in [6.07, 6.45) is 1.56. The second-order valence-corrected chi connectivity index (χ2v) is 5.24. The van der Waals surface area contributed by atoms with E-state index in [4.69, 9.17) is 16.7 Å². The monoisotopic (exact) mass is 286 g/mol. The minimum Gasteiger partial charge on any atom is -0.396 e. The van der Waals surface area contributed by atoms with E-state index < -0.39 is 0 Å². The minimum absolute atomic E-state index is 0.155. The molecule has 0 aromatic heterocycles. The zero-order valence-corrected chi connectivity index (χ0v) is 11.7. The van der Waals surface area contributed by atoms with E-state index in [2.05, 4.69) is 10.2 Å². The largest absolute Gasteiger partial charge is 0.396 e. The summed E-state index contributed by atoms with van der Waals surface area (Å²) in [5.41, 5.74) is 0.957. The SMILES string of the molecule is OCCC[C@@H](c1ccc(F)cc1Cl)N1CCNCC1. The topological polar surface area (TPSA) is 35.5 Å². The van der Waals surface area contributed by atoms with E-state index in [1.165, 1.54) is 12.1 Å². The van der Waals surface area contributed by atoms with Crippen LogP contribution in [-0.4, -0.2) is 42.8 Å². The number of hydrogen-bond donors (Lipinski definition) is 2. The number of halogens is 2. The van der Waals surface area contributed by atoms with Gasteiger partial charge in [-0.05, 0) is 30.5 Å². The van der Waals surface area contributed by atoms with Crippen LogP contribution in [0, 0.1) is 5.82 Å². The van der Waals surface area contributed by atoms with Gasteiger partial charge >= 0.3 is 0 Å². The first-order valence-corrected chi connectivity index (χ1v) is 7.10. The van der Waals surface area contributed by atoms with Crippen molar-refractivity contribution in [1.82, 2.24) is 10.2 Å². The first kappa shape index (κ1) is 14.7. The van der Waals surface area contributed by atoms with Crippen LogP contribution in [-0.2, 0) is 0 Å². The van der Waals surface area contributed by atoms with Crippen LogP contribution in [0.3, 0.4) is 0 Å². The molecule has 106 valence electrons. The van der Waals surface area contributed by atoms with Crippen molar-refractivity contribution in [3.63, 3.8) is 0 Å². The van der Waals surface area contributed by atoms with Crippen molar-refractivity contribution >= 4 is 11.6 Å². The van der Waals surface area contributed by atoms with Crippen molar-refractivity contribution < 1.29 is 9.50 Å². The van der Waals surface area contributed by atoms with Gasteiger partial charge in [0.25, 0.3) is 0 Å². The van der Waals surface area contributed by atoms with Crippen molar-refractivity contribution in [2.75, 3.05) is 32.8 Å². The van der Waals surface area contributed by atoms with Crippen molar-refractivity contribution in [2.24, 2.45) is 0 Å². The molecule has 1 atom stereocenters. The maximum absolute atomic E-state index is 13.2. The average molecular weight is 287 g/mol. The first-order valence-electron chi connectivity index (χ1n) is 6.73. The minimum atomic E-state index is -0.310. The summed E-state index contributed by atoms with van der Waals surface area (Å²) in [5.74, 6) is -0.310. The molecule has 2 N–H and O–H groups in total. The zero-order valence-electron chi connectivity index (χ0n) is 10.9. The number of aliphatic hydroxyl groups excluding tert-OH is 1. The van der Waals surface area contributed by atoms with Crippen LogP contribution in [0.1, 0.15) is 24.4 Å². The molecule has 1 aromatic carbocycles. The molecule has 0 amide bonds. The molecule has 1 aromatic rings. The summed E-state index contributed by atoms with van der Waals surface area (Å²) in [4.78, 5) is 2.35. The molecule has 1 aliphatic rings. The van der Waals surface area contributed by atoms with E-state index in [1.807, 2.05) is 0 Å². The molecular formula is C14H20ClFN2O. The lowest BCUT2D eigenvalue weighted by molar-refractivity contribution is 0.154. The van der Waals surface area contributed by atoms with Gasteiger partial charge < -0.3 is 10.4 Å². The molecule has 19 heavy (non-hydrogen) atoms. The molecule has 3 nitrogen and oxygen atoms in total. The molecule has 2 rings (SSSR count). The summed E-state index contributed by atoms with van der Waals surface area (Å²) in [7, 11) is 0. The number of aliphatic hydroxyl groups is 1. The highest BCUT2D eigenvalue weighted by Crippen LogP contribution is 2.31. The van der Waals surface area contributed by atoms with Crippen LogP contribution in [0.2, 0.25) is 5.02 Å². The van der Waals surface area contributed by atoms with Crippen molar-refractivity contribution in [3.8, 4) is 0 Å². The summed E-state index contributed by atoms with van der Waals surface area (Å²) >= 11 is 6.18. The Labute approximate surface area is 118 Å². The van der Waals surface area contributed by atoms with Gasteiger partial charge in [0.1, 0.15) is 5.82 Å². The average Bonchev–Trinajstić information content (AvgIpc) is 2.42. The Balaban J connectivity index is 2.19. The molecule has 0 unspecified atom stereocenters. The summed E-state index contributed by atoms with van der Waals surface area (Å²) < 4.78 is 13.2. The van der Waals surface area contributed by atoms with Crippen molar-refractivity contribution in [2.45, 2.75) is 18.9 Å². The van der Waals surface area contributed by atoms with E-state index in [0.29, 0.717) is 5.02 Å². The van der Waals surface area contributed by atoms with Gasteiger partial charge in [-0.3, -0.25) is 4.90 Å². The molecule has 0 aliphatic carbocycles. The molecule has 1 heterocycles. The van der Waals surface area contributed by atoms with E-state index in [1.54, 1.807) is 6.07 Å². The summed E-state index contributed by atoms with van der Waals surface area (Å²) in [5, 5.41) is 12.8. The van der Waals surface area contributed by atoms with E-state index in [9.17, 15) is 4.39 Å². The Morgan fingerprint density at radius 3 is 2.74 bits per heavy atom. The lowest BCUT2D eigenvalue weighted by Crippen LogP contribution is -2.45. The predicted octanol–water partition coefficient (Wildman–Crippen LogP) is 2.20. The van der Waals surface area contributed by atoms with E-state index >= 15 is 0 Å². The number of piperazine rings is 1. The normalized spacial score (nSPS) is 18.5. The highest BCUT2D eigenvalue weighted by molar-refractivity contribution is 6.31. The maximum atomic E-state index is 13.2. The van der Waals surface area contributed by atoms with Crippen LogP contribution in [0.25, 0.3) is 0 Å². The molecule has 1 fully saturated rings. The van der Waals surface area contributed by atoms with E-state index in [0.717, 1.165) is 44.6 Å². The maximum Gasteiger partial charge on any atom is 0.124 e. The summed E-state index contributed by atoms with van der Waals surface area (Å²) in [6.45, 7) is 3.97. The van der Waals surface area contributed by atoms with Gasteiger partial charge in [0.05, 0.1) is 0 Å². The number of nitrogens with zero attached hydrogens (tertiary/aromatic N) is 1. The van der Waals surface area contributed by atoms with Gasteiger partial charge in [0, 0.05) is 43.9 Å². The van der Waals surface area contributed by atoms with Gasteiger partial charge in [-0.25, -0.2) is 4.39 Å². The van der Waals surface area contributed by atoms with Gasteiger partial charge in [-0.15, -0.1) is 0 Å². The third-order valence-corrected chi connectivity index (χ3v) is 3.88. The second kappa shape index (κ2) is 7.20. The van der Waals surface area contributed by atoms with Crippen LogP contribution >= 0.6 is 11.6 Å². The van der Waals surface area contributed by atoms with Crippen LogP contribution < -0.4 is 5.32 Å². The first-order chi connectivity index (χ1) is 9.22. The molecule has 5 heteroatoms. The quantitative estimate of drug-likeness (QED) is 0.871. The Bertz CT molecular complexity index is 410. The molecule has 0 bridgehead atoms. The molecular weight excluding hydrogens is 267 g/mol. The number of nitrogens with one attached hydrogen (secondary N) is 1. The van der Waals surface area contributed by atoms with Gasteiger partial charge in [-0.2, -0.15) is 0 Å². The smallest absolute Gasteiger partial charge is 0.124 e. The highest BCUT2D eigenvalue weighted by atomic mass is 35.5. The number of benzene rings is 1. The molecule has 1 aliphatic heterocycles. The standard InChI is InChI=1S/C14H20ClFN2O/c15-13-10-11(16)3-4-12(13)14(2-1-9-19)18-7-5-17-6-8-18/h3-4,10,14,17,19H,1-2,5-9H2/t14-/m0/s1. The second-order valence-electron chi connectivity index (χ2n) is 4.83. The fourth-order valence-electron chi connectivity index (χ4n) is 2.58. The van der Waals surface area contributed by atoms with Crippen molar-refractivity contribution in [3.05, 3.63) is 34.6 Å². The Morgan fingerprint density at radius 1 is 1.37 bits per heavy atom.